The van der Waals surface area contributed by atoms with E-state index in [0.29, 0.717) is 24.3 Å². The van der Waals surface area contributed by atoms with Crippen LogP contribution in [0.15, 0.2) is 48.5 Å². The van der Waals surface area contributed by atoms with E-state index in [-0.39, 0.29) is 11.6 Å². The highest BCUT2D eigenvalue weighted by Gasteiger charge is 2.30. The Morgan fingerprint density at radius 2 is 1.65 bits per heavy atom. The van der Waals surface area contributed by atoms with E-state index in [2.05, 4.69) is 5.32 Å². The van der Waals surface area contributed by atoms with Crippen LogP contribution >= 0.6 is 0 Å². The maximum atomic E-state index is 13.3. The van der Waals surface area contributed by atoms with Crippen molar-refractivity contribution in [2.75, 3.05) is 29.0 Å². The number of halogens is 1. The maximum Gasteiger partial charge on any atom is 0.255 e. The van der Waals surface area contributed by atoms with Gasteiger partial charge in [0.25, 0.3) is 5.91 Å². The summed E-state index contributed by atoms with van der Waals surface area (Å²) in [6, 6.07) is 10.4. The first kappa shape index (κ1) is 22.7. The second-order valence-electron chi connectivity index (χ2n) is 7.60. The molecule has 0 aromatic heterocycles. The summed E-state index contributed by atoms with van der Waals surface area (Å²) in [6.07, 6.45) is 3.95. The van der Waals surface area contributed by atoms with Crippen molar-refractivity contribution in [2.45, 2.75) is 32.2 Å². The molecule has 31 heavy (non-hydrogen) atoms. The molecule has 3 rings (SSSR count). The number of piperidine rings is 1. The number of hydrogen-bond acceptors (Lipinski definition) is 4. The average Bonchev–Trinajstić information content (AvgIpc) is 2.75. The lowest BCUT2D eigenvalue weighted by atomic mass is 10.1. The van der Waals surface area contributed by atoms with Gasteiger partial charge < -0.3 is 10.2 Å². The Morgan fingerprint density at radius 3 is 2.26 bits per heavy atom. The lowest BCUT2D eigenvalue weighted by molar-refractivity contribution is -0.116. The van der Waals surface area contributed by atoms with Crippen LogP contribution in [0.5, 0.6) is 0 Å². The number of sulfonamides is 1. The van der Waals surface area contributed by atoms with E-state index < -0.39 is 27.8 Å². The average molecular weight is 448 g/mol. The minimum Gasteiger partial charge on any atom is -0.339 e. The topological polar surface area (TPSA) is 86.8 Å². The van der Waals surface area contributed by atoms with Crippen LogP contribution in [-0.4, -0.2) is 50.5 Å². The zero-order valence-corrected chi connectivity index (χ0v) is 18.4. The van der Waals surface area contributed by atoms with Crippen molar-refractivity contribution in [1.29, 1.82) is 0 Å². The summed E-state index contributed by atoms with van der Waals surface area (Å²) < 4.78 is 39.0. The molecule has 0 aliphatic carbocycles. The molecular formula is C22H26FN3O4S. The standard InChI is InChI=1S/C22H26FN3O4S/c1-16(26(31(2,29)30)18-12-10-17(23)11-13-18)21(27)24-20-9-5-4-8-19(20)22(28)25-14-6-3-7-15-25/h4-5,8-13,16H,3,6-7,14-15H2,1-2H3,(H,24,27)/t16-/m1/s1. The third-order valence-corrected chi connectivity index (χ3v) is 6.47. The van der Waals surface area contributed by atoms with Gasteiger partial charge >= 0.3 is 0 Å². The second-order valence-corrected chi connectivity index (χ2v) is 9.46. The molecule has 1 N–H and O–H groups in total. The normalized spacial score (nSPS) is 15.3. The Kier molecular flexibility index (Phi) is 6.94. The Labute approximate surface area is 181 Å². The Hall–Kier alpha value is -2.94. The molecule has 0 saturated carbocycles. The fourth-order valence-corrected chi connectivity index (χ4v) is 4.85. The van der Waals surface area contributed by atoms with Gasteiger partial charge in [-0.15, -0.1) is 0 Å². The van der Waals surface area contributed by atoms with Crippen molar-refractivity contribution in [3.8, 4) is 0 Å². The van der Waals surface area contributed by atoms with Crippen molar-refractivity contribution in [3.63, 3.8) is 0 Å². The van der Waals surface area contributed by atoms with Crippen molar-refractivity contribution in [1.82, 2.24) is 4.90 Å². The molecule has 1 aliphatic heterocycles. The van der Waals surface area contributed by atoms with Crippen LogP contribution < -0.4 is 9.62 Å². The molecule has 0 spiro atoms. The minimum absolute atomic E-state index is 0.165. The van der Waals surface area contributed by atoms with Gasteiger partial charge in [-0.3, -0.25) is 13.9 Å². The van der Waals surface area contributed by atoms with Gasteiger partial charge in [0.1, 0.15) is 11.9 Å². The van der Waals surface area contributed by atoms with Gasteiger partial charge in [-0.1, -0.05) is 12.1 Å². The zero-order valence-electron chi connectivity index (χ0n) is 17.5. The van der Waals surface area contributed by atoms with E-state index in [1.165, 1.54) is 19.1 Å². The molecule has 1 heterocycles. The number of carbonyl (C=O) groups is 2. The van der Waals surface area contributed by atoms with Crippen LogP contribution in [-0.2, 0) is 14.8 Å². The predicted octanol–water partition coefficient (Wildman–Crippen LogP) is 3.25. The zero-order chi connectivity index (χ0) is 22.6. The van der Waals surface area contributed by atoms with Crippen molar-refractivity contribution >= 4 is 33.2 Å². The van der Waals surface area contributed by atoms with Crippen LogP contribution in [0.2, 0.25) is 0 Å². The summed E-state index contributed by atoms with van der Waals surface area (Å²) in [5, 5.41) is 2.70. The molecule has 2 aromatic rings. The molecule has 1 aliphatic rings. The number of anilines is 2. The van der Waals surface area contributed by atoms with E-state index in [1.807, 2.05) is 0 Å². The number of para-hydroxylation sites is 1. The van der Waals surface area contributed by atoms with Gasteiger partial charge in [-0.25, -0.2) is 12.8 Å². The molecule has 166 valence electrons. The van der Waals surface area contributed by atoms with Gasteiger partial charge in [-0.05, 0) is 62.6 Å². The number of nitrogens with zero attached hydrogens (tertiary/aromatic N) is 2. The van der Waals surface area contributed by atoms with Gasteiger partial charge in [-0.2, -0.15) is 0 Å². The number of likely N-dealkylation sites (tertiary alicyclic amines) is 1. The molecular weight excluding hydrogens is 421 g/mol. The number of benzene rings is 2. The fraction of sp³-hybridized carbons (Fsp3) is 0.364. The van der Waals surface area contributed by atoms with Crippen molar-refractivity contribution < 1.29 is 22.4 Å². The van der Waals surface area contributed by atoms with Gasteiger partial charge in [0.15, 0.2) is 0 Å². The minimum atomic E-state index is -3.84. The molecule has 7 nitrogen and oxygen atoms in total. The van der Waals surface area contributed by atoms with Crippen LogP contribution in [0, 0.1) is 5.82 Å². The molecule has 1 atom stereocenters. The Balaban J connectivity index is 1.84. The largest absolute Gasteiger partial charge is 0.339 e. The van der Waals surface area contributed by atoms with E-state index >= 15 is 0 Å². The number of amides is 2. The summed E-state index contributed by atoms with van der Waals surface area (Å²) in [7, 11) is -3.84. The first-order chi connectivity index (χ1) is 14.7. The highest BCUT2D eigenvalue weighted by atomic mass is 32.2. The third-order valence-electron chi connectivity index (χ3n) is 5.23. The van der Waals surface area contributed by atoms with Crippen LogP contribution in [0.4, 0.5) is 15.8 Å². The summed E-state index contributed by atoms with van der Waals surface area (Å²) in [4.78, 5) is 27.7. The van der Waals surface area contributed by atoms with Gasteiger partial charge in [0.2, 0.25) is 15.9 Å². The highest BCUT2D eigenvalue weighted by Crippen LogP contribution is 2.24. The molecule has 9 heteroatoms. The summed E-state index contributed by atoms with van der Waals surface area (Å²) in [5.74, 6) is -1.28. The number of nitrogens with one attached hydrogen (secondary N) is 1. The molecule has 0 bridgehead atoms. The smallest absolute Gasteiger partial charge is 0.255 e. The fourth-order valence-electron chi connectivity index (χ4n) is 3.68. The lowest BCUT2D eigenvalue weighted by Gasteiger charge is -2.29. The van der Waals surface area contributed by atoms with Crippen LogP contribution in [0.25, 0.3) is 0 Å². The number of carbonyl (C=O) groups excluding carboxylic acids is 2. The van der Waals surface area contributed by atoms with Gasteiger partial charge in [0, 0.05) is 13.1 Å². The summed E-state index contributed by atoms with van der Waals surface area (Å²) in [6.45, 7) is 2.78. The number of hydrogen-bond donors (Lipinski definition) is 1. The molecule has 0 unspecified atom stereocenters. The first-order valence-electron chi connectivity index (χ1n) is 10.1. The second kappa shape index (κ2) is 9.47. The van der Waals surface area contributed by atoms with Crippen molar-refractivity contribution in [2.24, 2.45) is 0 Å². The predicted molar refractivity (Wildman–Crippen MR) is 118 cm³/mol. The molecule has 2 amide bonds. The number of rotatable bonds is 6. The van der Waals surface area contributed by atoms with Gasteiger partial charge in [0.05, 0.1) is 23.2 Å². The molecule has 2 aromatic carbocycles. The highest BCUT2D eigenvalue weighted by molar-refractivity contribution is 7.92. The first-order valence-corrected chi connectivity index (χ1v) is 12.0. The summed E-state index contributed by atoms with van der Waals surface area (Å²) in [5.41, 5.74) is 0.851. The van der Waals surface area contributed by atoms with E-state index in [1.54, 1.807) is 29.2 Å². The molecule has 1 fully saturated rings. The van der Waals surface area contributed by atoms with E-state index in [4.69, 9.17) is 0 Å². The molecule has 0 radical (unpaired) electrons. The van der Waals surface area contributed by atoms with E-state index in [0.717, 1.165) is 42.0 Å². The quantitative estimate of drug-likeness (QED) is 0.737. The Morgan fingerprint density at radius 1 is 1.03 bits per heavy atom. The summed E-state index contributed by atoms with van der Waals surface area (Å²) >= 11 is 0. The SMILES string of the molecule is C[C@H](C(=O)Nc1ccccc1C(=O)N1CCCCC1)N(c1ccc(F)cc1)S(C)(=O)=O. The maximum absolute atomic E-state index is 13.3. The molecule has 1 saturated heterocycles. The lowest BCUT2D eigenvalue weighted by Crippen LogP contribution is -2.45. The van der Waals surface area contributed by atoms with E-state index in [9.17, 15) is 22.4 Å². The monoisotopic (exact) mass is 447 g/mol. The van der Waals surface area contributed by atoms with Crippen LogP contribution in [0.1, 0.15) is 36.5 Å². The Bertz CT molecular complexity index is 1050. The third kappa shape index (κ3) is 5.41. The van der Waals surface area contributed by atoms with Crippen LogP contribution in [0.3, 0.4) is 0 Å². The van der Waals surface area contributed by atoms with Crippen molar-refractivity contribution in [3.05, 3.63) is 59.9 Å².